The summed E-state index contributed by atoms with van der Waals surface area (Å²) < 4.78 is 6.91. The van der Waals surface area contributed by atoms with Gasteiger partial charge in [-0.1, -0.05) is 6.07 Å². The van der Waals surface area contributed by atoms with Gasteiger partial charge in [0.1, 0.15) is 5.75 Å². The van der Waals surface area contributed by atoms with E-state index in [1.165, 1.54) is 17.0 Å². The van der Waals surface area contributed by atoms with Gasteiger partial charge in [0.15, 0.2) is 0 Å². The smallest absolute Gasteiger partial charge is 0.253 e. The van der Waals surface area contributed by atoms with Crippen molar-refractivity contribution in [2.75, 3.05) is 32.1 Å². The molecule has 0 aliphatic carbocycles. The molecule has 3 rings (SSSR count). The molecule has 0 saturated carbocycles. The van der Waals surface area contributed by atoms with Crippen molar-refractivity contribution in [2.45, 2.75) is 13.5 Å². The highest BCUT2D eigenvalue weighted by Gasteiger charge is 2.08. The van der Waals surface area contributed by atoms with Crippen molar-refractivity contribution in [1.82, 2.24) is 14.9 Å². The third-order valence-electron chi connectivity index (χ3n) is 4.60. The molecule has 0 atom stereocenters. The van der Waals surface area contributed by atoms with Crippen molar-refractivity contribution in [1.29, 1.82) is 0 Å². The fraction of sp³-hybridized carbons (Fsp3) is 0.261. The lowest BCUT2D eigenvalue weighted by Crippen LogP contribution is -2.30. The minimum absolute atomic E-state index is 0.169. The number of anilines is 1. The highest BCUT2D eigenvalue weighted by atomic mass is 16.5. The molecule has 1 heterocycles. The van der Waals surface area contributed by atoms with Gasteiger partial charge in [-0.3, -0.25) is 14.2 Å². The number of hydrogen-bond donors (Lipinski definition) is 1. The largest absolute Gasteiger partial charge is 0.494 e. The van der Waals surface area contributed by atoms with Gasteiger partial charge in [-0.25, -0.2) is 4.98 Å². The number of nitrogens with one attached hydrogen (secondary N) is 1. The zero-order chi connectivity index (χ0) is 21.5. The Kier molecular flexibility index (Phi) is 6.85. The average Bonchev–Trinajstić information content (AvgIpc) is 2.75. The molecule has 1 amide bonds. The van der Waals surface area contributed by atoms with Gasteiger partial charge in [0, 0.05) is 50.1 Å². The summed E-state index contributed by atoms with van der Waals surface area (Å²) in [6, 6.07) is 16.3. The minimum atomic E-state index is -0.175. The van der Waals surface area contributed by atoms with Crippen LogP contribution in [0, 0.1) is 0 Å². The van der Waals surface area contributed by atoms with E-state index in [4.69, 9.17) is 4.74 Å². The van der Waals surface area contributed by atoms with Crippen LogP contribution in [0.2, 0.25) is 0 Å². The first-order valence-electron chi connectivity index (χ1n) is 9.83. The summed E-state index contributed by atoms with van der Waals surface area (Å²) in [7, 11) is 3.85. The minimum Gasteiger partial charge on any atom is -0.494 e. The molecule has 0 aliphatic heterocycles. The van der Waals surface area contributed by atoms with E-state index in [0.29, 0.717) is 31.0 Å². The first-order valence-corrected chi connectivity index (χ1v) is 9.83. The number of ether oxygens (including phenoxy) is 1. The zero-order valence-corrected chi connectivity index (χ0v) is 17.5. The SMILES string of the molecule is CCOc1ccc(-c2cc(=O)n(CCNC(=O)c3cccc(N(C)C)c3)cn2)cc1. The van der Waals surface area contributed by atoms with Crippen molar-refractivity contribution in [3.05, 3.63) is 76.8 Å². The molecule has 1 N–H and O–H groups in total. The van der Waals surface area contributed by atoms with Crippen LogP contribution in [0.25, 0.3) is 11.3 Å². The Bertz CT molecular complexity index is 1060. The van der Waals surface area contributed by atoms with Crippen LogP contribution in [0.5, 0.6) is 5.75 Å². The van der Waals surface area contributed by atoms with Crippen LogP contribution in [0.15, 0.2) is 65.7 Å². The van der Waals surface area contributed by atoms with Crippen LogP contribution in [-0.2, 0) is 6.54 Å². The lowest BCUT2D eigenvalue weighted by atomic mass is 10.1. The summed E-state index contributed by atoms with van der Waals surface area (Å²) in [5.74, 6) is 0.604. The van der Waals surface area contributed by atoms with Gasteiger partial charge in [-0.05, 0) is 49.4 Å². The van der Waals surface area contributed by atoms with Gasteiger partial charge >= 0.3 is 0 Å². The van der Waals surface area contributed by atoms with Crippen molar-refractivity contribution in [3.8, 4) is 17.0 Å². The van der Waals surface area contributed by atoms with E-state index in [0.717, 1.165) is 17.0 Å². The second-order valence-corrected chi connectivity index (χ2v) is 6.96. The highest BCUT2D eigenvalue weighted by Crippen LogP contribution is 2.19. The van der Waals surface area contributed by atoms with Gasteiger partial charge in [0.25, 0.3) is 11.5 Å². The number of nitrogens with zero attached hydrogens (tertiary/aromatic N) is 3. The molecule has 0 spiro atoms. The van der Waals surface area contributed by atoms with Gasteiger partial charge in [0.2, 0.25) is 0 Å². The summed E-state index contributed by atoms with van der Waals surface area (Å²) >= 11 is 0. The Morgan fingerprint density at radius 2 is 1.90 bits per heavy atom. The van der Waals surface area contributed by atoms with Crippen LogP contribution < -0.4 is 20.5 Å². The van der Waals surface area contributed by atoms with Crippen LogP contribution in [-0.4, -0.2) is 42.7 Å². The molecule has 2 aromatic carbocycles. The Hall–Kier alpha value is -3.61. The first-order chi connectivity index (χ1) is 14.5. The Morgan fingerprint density at radius 1 is 1.13 bits per heavy atom. The number of aromatic nitrogens is 2. The number of amides is 1. The lowest BCUT2D eigenvalue weighted by Gasteiger charge is -2.13. The normalized spacial score (nSPS) is 10.5. The molecule has 0 bridgehead atoms. The number of carbonyl (C=O) groups is 1. The maximum absolute atomic E-state index is 12.4. The Balaban J connectivity index is 1.60. The number of hydrogen-bond acceptors (Lipinski definition) is 5. The predicted octanol–water partition coefficient (Wildman–Crippen LogP) is 2.81. The van der Waals surface area contributed by atoms with E-state index < -0.39 is 0 Å². The second kappa shape index (κ2) is 9.73. The van der Waals surface area contributed by atoms with Crippen molar-refractivity contribution in [2.24, 2.45) is 0 Å². The van der Waals surface area contributed by atoms with Gasteiger partial charge in [0.05, 0.1) is 18.6 Å². The maximum Gasteiger partial charge on any atom is 0.253 e. The molecule has 156 valence electrons. The lowest BCUT2D eigenvalue weighted by molar-refractivity contribution is 0.0952. The fourth-order valence-electron chi connectivity index (χ4n) is 2.96. The summed E-state index contributed by atoms with van der Waals surface area (Å²) in [4.78, 5) is 31.1. The van der Waals surface area contributed by atoms with Crippen molar-refractivity contribution >= 4 is 11.6 Å². The Labute approximate surface area is 175 Å². The first kappa shape index (κ1) is 21.1. The molecule has 0 fully saturated rings. The molecule has 30 heavy (non-hydrogen) atoms. The van der Waals surface area contributed by atoms with E-state index in [-0.39, 0.29) is 11.5 Å². The monoisotopic (exact) mass is 406 g/mol. The third kappa shape index (κ3) is 5.26. The second-order valence-electron chi connectivity index (χ2n) is 6.96. The molecule has 0 unspecified atom stereocenters. The van der Waals surface area contributed by atoms with Crippen LogP contribution >= 0.6 is 0 Å². The highest BCUT2D eigenvalue weighted by molar-refractivity contribution is 5.95. The van der Waals surface area contributed by atoms with Crippen LogP contribution in [0.3, 0.4) is 0 Å². The van der Waals surface area contributed by atoms with E-state index in [1.54, 1.807) is 6.07 Å². The standard InChI is InChI=1S/C23H26N4O3/c1-4-30-20-10-8-17(9-11-20)21-15-22(28)27(16-25-21)13-12-24-23(29)18-6-5-7-19(14-18)26(2)3/h5-11,14-16H,4,12-13H2,1-3H3,(H,24,29). The van der Waals surface area contributed by atoms with Gasteiger partial charge < -0.3 is 15.0 Å². The van der Waals surface area contributed by atoms with Gasteiger partial charge in [-0.15, -0.1) is 0 Å². The van der Waals surface area contributed by atoms with Crippen molar-refractivity contribution in [3.63, 3.8) is 0 Å². The molecular formula is C23H26N4O3. The van der Waals surface area contributed by atoms with E-state index >= 15 is 0 Å². The van der Waals surface area contributed by atoms with Crippen LogP contribution in [0.1, 0.15) is 17.3 Å². The fourth-order valence-corrected chi connectivity index (χ4v) is 2.96. The van der Waals surface area contributed by atoms with E-state index in [9.17, 15) is 9.59 Å². The number of carbonyl (C=O) groups excluding carboxylic acids is 1. The predicted molar refractivity (Wildman–Crippen MR) is 118 cm³/mol. The zero-order valence-electron chi connectivity index (χ0n) is 17.5. The third-order valence-corrected chi connectivity index (χ3v) is 4.60. The molecule has 3 aromatic rings. The quantitative estimate of drug-likeness (QED) is 0.623. The number of rotatable bonds is 8. The molecule has 7 heteroatoms. The topological polar surface area (TPSA) is 76.5 Å². The summed E-state index contributed by atoms with van der Waals surface area (Å²) in [5, 5.41) is 2.85. The average molecular weight is 406 g/mol. The summed E-state index contributed by atoms with van der Waals surface area (Å²) in [6.07, 6.45) is 1.51. The Morgan fingerprint density at radius 3 is 2.57 bits per heavy atom. The van der Waals surface area contributed by atoms with Gasteiger partial charge in [-0.2, -0.15) is 0 Å². The number of benzene rings is 2. The van der Waals surface area contributed by atoms with E-state index in [2.05, 4.69) is 10.3 Å². The van der Waals surface area contributed by atoms with Crippen LogP contribution in [0.4, 0.5) is 5.69 Å². The molecule has 1 aromatic heterocycles. The molecule has 0 saturated heterocycles. The summed E-state index contributed by atoms with van der Waals surface area (Å²) in [5.41, 5.74) is 2.81. The molecule has 0 radical (unpaired) electrons. The molecular weight excluding hydrogens is 380 g/mol. The van der Waals surface area contributed by atoms with Crippen molar-refractivity contribution < 1.29 is 9.53 Å². The molecule has 7 nitrogen and oxygen atoms in total. The molecule has 0 aliphatic rings. The summed E-state index contributed by atoms with van der Waals surface area (Å²) in [6.45, 7) is 3.20. The maximum atomic E-state index is 12.4. The van der Waals surface area contributed by atoms with E-state index in [1.807, 2.05) is 68.4 Å².